The van der Waals surface area contributed by atoms with E-state index in [0.717, 1.165) is 5.75 Å². The van der Waals surface area contributed by atoms with Crippen LogP contribution in [0.15, 0.2) is 76.3 Å². The van der Waals surface area contributed by atoms with E-state index in [1.807, 2.05) is 30.3 Å². The first-order valence-corrected chi connectivity index (χ1v) is 12.0. The van der Waals surface area contributed by atoms with Gasteiger partial charge in [0.1, 0.15) is 15.7 Å². The third kappa shape index (κ3) is 4.72. The summed E-state index contributed by atoms with van der Waals surface area (Å²) >= 11 is 1.20. The summed E-state index contributed by atoms with van der Waals surface area (Å²) in [5.74, 6) is 0.861. The molecule has 6 nitrogen and oxygen atoms in total. The average molecular weight is 443 g/mol. The van der Waals surface area contributed by atoms with E-state index in [1.54, 1.807) is 41.8 Å². The van der Waals surface area contributed by atoms with Crippen LogP contribution in [0.2, 0.25) is 0 Å². The van der Waals surface area contributed by atoms with Crippen LogP contribution in [0.4, 0.5) is 5.69 Å². The van der Waals surface area contributed by atoms with Gasteiger partial charge in [0.15, 0.2) is 0 Å². The van der Waals surface area contributed by atoms with Crippen LogP contribution in [0.3, 0.4) is 0 Å². The van der Waals surface area contributed by atoms with Crippen molar-refractivity contribution < 1.29 is 17.9 Å². The van der Waals surface area contributed by atoms with Gasteiger partial charge in [-0.3, -0.25) is 4.79 Å². The molecule has 2 heterocycles. The van der Waals surface area contributed by atoms with Crippen molar-refractivity contribution in [2.24, 2.45) is 5.92 Å². The topological polar surface area (TPSA) is 75.7 Å². The van der Waals surface area contributed by atoms with Gasteiger partial charge in [0.25, 0.3) is 10.0 Å². The summed E-state index contributed by atoms with van der Waals surface area (Å²) in [5.41, 5.74) is 0.652. The summed E-state index contributed by atoms with van der Waals surface area (Å²) in [7, 11) is -3.54. The fourth-order valence-corrected chi connectivity index (χ4v) is 6.06. The summed E-state index contributed by atoms with van der Waals surface area (Å²) in [6, 6.07) is 19.9. The molecule has 1 atom stereocenters. The maximum absolute atomic E-state index is 12.8. The normalized spacial score (nSPS) is 17.4. The van der Waals surface area contributed by atoms with Gasteiger partial charge in [-0.2, -0.15) is 4.31 Å². The first-order valence-electron chi connectivity index (χ1n) is 9.70. The van der Waals surface area contributed by atoms with Crippen molar-refractivity contribution in [1.82, 2.24) is 4.31 Å². The molecule has 156 valence electrons. The lowest BCUT2D eigenvalue weighted by molar-refractivity contribution is -0.120. The second-order valence-electron chi connectivity index (χ2n) is 7.06. The van der Waals surface area contributed by atoms with Crippen LogP contribution in [0.25, 0.3) is 0 Å². The Hall–Kier alpha value is -2.68. The summed E-state index contributed by atoms with van der Waals surface area (Å²) in [6.45, 7) is 0.636. The second-order valence-corrected chi connectivity index (χ2v) is 10.2. The quantitative estimate of drug-likeness (QED) is 0.606. The van der Waals surface area contributed by atoms with Crippen LogP contribution >= 0.6 is 11.3 Å². The number of nitrogens with zero attached hydrogens (tertiary/aromatic N) is 1. The molecule has 1 saturated heterocycles. The molecule has 0 radical (unpaired) electrons. The number of nitrogens with one attached hydrogen (secondary N) is 1. The standard InChI is InChI=1S/C22H22N2O4S2/c25-22(17-6-4-14-24(16-17)30(26,27)21-9-5-15-29-21)23-18-10-12-20(13-11-18)28-19-7-2-1-3-8-19/h1-3,5,7-13,15,17H,4,6,14,16H2,(H,23,25)/t17-/m1/s1. The van der Waals surface area contributed by atoms with E-state index >= 15 is 0 Å². The number of para-hydroxylation sites is 1. The number of hydrogen-bond acceptors (Lipinski definition) is 5. The van der Waals surface area contributed by atoms with E-state index in [1.165, 1.54) is 15.6 Å². The molecule has 3 aromatic rings. The predicted molar refractivity (Wildman–Crippen MR) is 117 cm³/mol. The minimum absolute atomic E-state index is 0.169. The maximum atomic E-state index is 12.8. The zero-order valence-corrected chi connectivity index (χ0v) is 17.9. The van der Waals surface area contributed by atoms with Gasteiger partial charge in [-0.1, -0.05) is 24.3 Å². The molecule has 1 fully saturated rings. The predicted octanol–water partition coefficient (Wildman–Crippen LogP) is 4.58. The van der Waals surface area contributed by atoms with Crippen LogP contribution in [0.1, 0.15) is 12.8 Å². The Labute approximate surface area is 180 Å². The maximum Gasteiger partial charge on any atom is 0.252 e. The van der Waals surface area contributed by atoms with E-state index < -0.39 is 10.0 Å². The van der Waals surface area contributed by atoms with Crippen molar-refractivity contribution in [3.8, 4) is 11.5 Å². The van der Waals surface area contributed by atoms with Crippen LogP contribution in [-0.4, -0.2) is 31.7 Å². The minimum Gasteiger partial charge on any atom is -0.457 e. The van der Waals surface area contributed by atoms with E-state index in [2.05, 4.69) is 5.32 Å². The number of carbonyl (C=O) groups is 1. The number of thiophene rings is 1. The first-order chi connectivity index (χ1) is 14.5. The van der Waals surface area contributed by atoms with Crippen molar-refractivity contribution >= 4 is 33.0 Å². The van der Waals surface area contributed by atoms with Crippen molar-refractivity contribution in [1.29, 1.82) is 0 Å². The summed E-state index contributed by atoms with van der Waals surface area (Å²) in [5, 5.41) is 4.64. The molecule has 1 aliphatic rings. The number of ether oxygens (including phenoxy) is 1. The molecule has 8 heteroatoms. The zero-order chi connectivity index (χ0) is 21.0. The molecule has 30 heavy (non-hydrogen) atoms. The summed E-state index contributed by atoms with van der Waals surface area (Å²) < 4.78 is 33.0. The van der Waals surface area contributed by atoms with Gasteiger partial charge in [-0.25, -0.2) is 8.42 Å². The number of hydrogen-bond donors (Lipinski definition) is 1. The highest BCUT2D eigenvalue weighted by Crippen LogP contribution is 2.28. The van der Waals surface area contributed by atoms with E-state index in [0.29, 0.717) is 35.0 Å². The lowest BCUT2D eigenvalue weighted by atomic mass is 9.99. The molecule has 1 aromatic heterocycles. The number of benzene rings is 2. The van der Waals surface area contributed by atoms with Gasteiger partial charge in [-0.05, 0) is 60.7 Å². The highest BCUT2D eigenvalue weighted by molar-refractivity contribution is 7.91. The number of rotatable bonds is 6. The Bertz CT molecular complexity index is 1080. The van der Waals surface area contributed by atoms with Crippen molar-refractivity contribution in [3.05, 3.63) is 72.1 Å². The number of sulfonamides is 1. The molecule has 1 N–H and O–H groups in total. The fraction of sp³-hybridized carbons (Fsp3) is 0.227. The molecule has 2 aromatic carbocycles. The number of amides is 1. The monoisotopic (exact) mass is 442 g/mol. The van der Waals surface area contributed by atoms with E-state index in [4.69, 9.17) is 4.74 Å². The molecule has 0 saturated carbocycles. The van der Waals surface area contributed by atoms with Crippen molar-refractivity contribution in [2.45, 2.75) is 17.1 Å². The largest absolute Gasteiger partial charge is 0.457 e. The van der Waals surface area contributed by atoms with Crippen LogP contribution in [0, 0.1) is 5.92 Å². The van der Waals surface area contributed by atoms with Crippen LogP contribution in [0.5, 0.6) is 11.5 Å². The molecule has 0 aliphatic carbocycles. The summed E-state index contributed by atoms with van der Waals surface area (Å²) in [4.78, 5) is 12.7. The first kappa shape index (κ1) is 20.6. The fourth-order valence-electron chi connectivity index (χ4n) is 3.39. The Kier molecular flexibility index (Phi) is 6.17. The lowest BCUT2D eigenvalue weighted by Crippen LogP contribution is -2.43. The van der Waals surface area contributed by atoms with Crippen molar-refractivity contribution in [3.63, 3.8) is 0 Å². The zero-order valence-electron chi connectivity index (χ0n) is 16.2. The van der Waals surface area contributed by atoms with Gasteiger partial charge in [0.2, 0.25) is 5.91 Å². The molecular formula is C22H22N2O4S2. The van der Waals surface area contributed by atoms with Gasteiger partial charge in [0, 0.05) is 18.8 Å². The number of carbonyl (C=O) groups excluding carboxylic acids is 1. The van der Waals surface area contributed by atoms with Crippen LogP contribution in [-0.2, 0) is 14.8 Å². The molecule has 0 bridgehead atoms. The molecular weight excluding hydrogens is 420 g/mol. The van der Waals surface area contributed by atoms with E-state index in [9.17, 15) is 13.2 Å². The SMILES string of the molecule is O=C(Nc1ccc(Oc2ccccc2)cc1)[C@@H]1CCCN(S(=O)(=O)c2cccs2)C1. The Morgan fingerprint density at radius 3 is 2.43 bits per heavy atom. The van der Waals surface area contributed by atoms with Gasteiger partial charge in [-0.15, -0.1) is 11.3 Å². The lowest BCUT2D eigenvalue weighted by Gasteiger charge is -2.30. The Balaban J connectivity index is 1.37. The van der Waals surface area contributed by atoms with E-state index in [-0.39, 0.29) is 18.4 Å². The molecule has 4 rings (SSSR count). The third-order valence-corrected chi connectivity index (χ3v) is 8.18. The van der Waals surface area contributed by atoms with Crippen LogP contribution < -0.4 is 10.1 Å². The summed E-state index contributed by atoms with van der Waals surface area (Å²) in [6.07, 6.45) is 1.32. The minimum atomic E-state index is -3.54. The Morgan fingerprint density at radius 1 is 1.00 bits per heavy atom. The third-order valence-electron chi connectivity index (χ3n) is 4.94. The second kappa shape index (κ2) is 8.99. The molecule has 0 spiro atoms. The van der Waals surface area contributed by atoms with Gasteiger partial charge >= 0.3 is 0 Å². The number of anilines is 1. The smallest absolute Gasteiger partial charge is 0.252 e. The van der Waals surface area contributed by atoms with Gasteiger partial charge in [0.05, 0.1) is 5.92 Å². The highest BCUT2D eigenvalue weighted by atomic mass is 32.2. The number of piperidine rings is 1. The highest BCUT2D eigenvalue weighted by Gasteiger charge is 2.33. The molecule has 0 unspecified atom stereocenters. The van der Waals surface area contributed by atoms with Gasteiger partial charge < -0.3 is 10.1 Å². The Morgan fingerprint density at radius 2 is 1.73 bits per heavy atom. The van der Waals surface area contributed by atoms with Crippen molar-refractivity contribution in [2.75, 3.05) is 18.4 Å². The average Bonchev–Trinajstić information content (AvgIpc) is 3.32. The molecule has 1 amide bonds. The molecule has 1 aliphatic heterocycles.